The van der Waals surface area contributed by atoms with E-state index in [4.69, 9.17) is 5.73 Å². The van der Waals surface area contributed by atoms with E-state index in [1.54, 1.807) is 0 Å². The lowest BCUT2D eigenvalue weighted by Crippen LogP contribution is -2.59. The molecule has 0 amide bonds. The molecule has 0 aromatic carbocycles. The molecular weight excluding hydrogens is 246 g/mol. The third-order valence-electron chi connectivity index (χ3n) is 6.10. The Balaban J connectivity index is 1.93. The summed E-state index contributed by atoms with van der Waals surface area (Å²) in [7, 11) is 4.59. The van der Waals surface area contributed by atoms with E-state index >= 15 is 0 Å². The second-order valence-corrected chi connectivity index (χ2v) is 7.31. The molecule has 0 unspecified atom stereocenters. The summed E-state index contributed by atoms with van der Waals surface area (Å²) >= 11 is 0. The Bertz CT molecular complexity index is 276. The molecule has 0 radical (unpaired) electrons. The zero-order valence-corrected chi connectivity index (χ0v) is 13.9. The van der Waals surface area contributed by atoms with Gasteiger partial charge in [-0.25, -0.2) is 0 Å². The highest BCUT2D eigenvalue weighted by atomic mass is 15.2. The average Bonchev–Trinajstić information content (AvgIpc) is 2.49. The van der Waals surface area contributed by atoms with E-state index in [2.05, 4.69) is 30.8 Å². The lowest BCUT2D eigenvalue weighted by atomic mass is 9.73. The van der Waals surface area contributed by atoms with Crippen LogP contribution in [-0.4, -0.2) is 55.1 Å². The van der Waals surface area contributed by atoms with Crippen LogP contribution >= 0.6 is 0 Å². The van der Waals surface area contributed by atoms with Crippen LogP contribution in [0.3, 0.4) is 0 Å². The monoisotopic (exact) mass is 281 g/mol. The fraction of sp³-hybridized carbons (Fsp3) is 1.00. The van der Waals surface area contributed by atoms with Crippen LogP contribution in [0.4, 0.5) is 0 Å². The van der Waals surface area contributed by atoms with Gasteiger partial charge in [-0.1, -0.05) is 19.8 Å². The molecule has 0 aromatic heterocycles. The summed E-state index contributed by atoms with van der Waals surface area (Å²) in [6.45, 7) is 5.65. The predicted molar refractivity (Wildman–Crippen MR) is 86.9 cm³/mol. The topological polar surface area (TPSA) is 32.5 Å². The molecule has 1 saturated carbocycles. The molecule has 1 aliphatic carbocycles. The number of nitrogens with zero attached hydrogens (tertiary/aromatic N) is 2. The lowest BCUT2D eigenvalue weighted by molar-refractivity contribution is 0.00779. The first-order valence-corrected chi connectivity index (χ1v) is 8.73. The number of likely N-dealkylation sites (N-methyl/N-ethyl adjacent to an activating group) is 1. The quantitative estimate of drug-likeness (QED) is 0.841. The van der Waals surface area contributed by atoms with E-state index in [1.807, 2.05) is 0 Å². The SMILES string of the molecule is CCCC1CCC(CN)(N(C)C2CCN(C)CC2)CC1. The first kappa shape index (κ1) is 16.3. The van der Waals surface area contributed by atoms with Crippen LogP contribution in [-0.2, 0) is 0 Å². The highest BCUT2D eigenvalue weighted by Gasteiger charge is 2.40. The zero-order valence-electron chi connectivity index (χ0n) is 13.9. The van der Waals surface area contributed by atoms with Gasteiger partial charge in [0.25, 0.3) is 0 Å². The molecule has 3 nitrogen and oxygen atoms in total. The fourth-order valence-electron chi connectivity index (χ4n) is 4.38. The minimum Gasteiger partial charge on any atom is -0.329 e. The molecule has 2 rings (SSSR count). The van der Waals surface area contributed by atoms with Gasteiger partial charge in [-0.2, -0.15) is 0 Å². The van der Waals surface area contributed by atoms with Crippen molar-refractivity contribution < 1.29 is 0 Å². The van der Waals surface area contributed by atoms with E-state index in [1.165, 1.54) is 64.5 Å². The van der Waals surface area contributed by atoms with Crippen LogP contribution in [0.15, 0.2) is 0 Å². The largest absolute Gasteiger partial charge is 0.329 e. The summed E-state index contributed by atoms with van der Waals surface area (Å²) in [5, 5.41) is 0. The van der Waals surface area contributed by atoms with Gasteiger partial charge in [0.15, 0.2) is 0 Å². The number of likely N-dealkylation sites (tertiary alicyclic amines) is 1. The highest BCUT2D eigenvalue weighted by molar-refractivity contribution is 4.97. The van der Waals surface area contributed by atoms with Gasteiger partial charge in [0.05, 0.1) is 0 Å². The van der Waals surface area contributed by atoms with Crippen LogP contribution in [0.1, 0.15) is 58.3 Å². The molecule has 0 bridgehead atoms. The molecule has 20 heavy (non-hydrogen) atoms. The number of hydrogen-bond donors (Lipinski definition) is 1. The zero-order chi connectivity index (χ0) is 14.6. The van der Waals surface area contributed by atoms with E-state index in [0.717, 1.165) is 18.5 Å². The number of nitrogens with two attached hydrogens (primary N) is 1. The van der Waals surface area contributed by atoms with Crippen molar-refractivity contribution in [1.29, 1.82) is 0 Å². The number of hydrogen-bond acceptors (Lipinski definition) is 3. The van der Waals surface area contributed by atoms with E-state index in [-0.39, 0.29) is 0 Å². The predicted octanol–water partition coefficient (Wildman–Crippen LogP) is 2.70. The number of piperidine rings is 1. The van der Waals surface area contributed by atoms with Gasteiger partial charge in [0.2, 0.25) is 0 Å². The highest BCUT2D eigenvalue weighted by Crippen LogP contribution is 2.39. The summed E-state index contributed by atoms with van der Waals surface area (Å²) in [4.78, 5) is 5.14. The maximum absolute atomic E-state index is 6.24. The Morgan fingerprint density at radius 3 is 2.25 bits per heavy atom. The second-order valence-electron chi connectivity index (χ2n) is 7.31. The van der Waals surface area contributed by atoms with Crippen molar-refractivity contribution >= 4 is 0 Å². The van der Waals surface area contributed by atoms with Gasteiger partial charge in [-0.3, -0.25) is 4.90 Å². The maximum atomic E-state index is 6.24. The molecule has 0 atom stereocenters. The molecular formula is C17H35N3. The first-order valence-electron chi connectivity index (χ1n) is 8.73. The molecule has 1 saturated heterocycles. The Kier molecular flexibility index (Phi) is 5.88. The van der Waals surface area contributed by atoms with Crippen molar-refractivity contribution in [3.8, 4) is 0 Å². The second kappa shape index (κ2) is 7.24. The van der Waals surface area contributed by atoms with Gasteiger partial charge < -0.3 is 10.6 Å². The van der Waals surface area contributed by atoms with Crippen LogP contribution in [0.25, 0.3) is 0 Å². The van der Waals surface area contributed by atoms with Crippen molar-refractivity contribution in [2.24, 2.45) is 11.7 Å². The minimum absolute atomic E-state index is 0.296. The van der Waals surface area contributed by atoms with E-state index in [0.29, 0.717) is 5.54 Å². The van der Waals surface area contributed by atoms with Crippen molar-refractivity contribution in [1.82, 2.24) is 9.80 Å². The smallest absolute Gasteiger partial charge is 0.0331 e. The third-order valence-corrected chi connectivity index (χ3v) is 6.10. The third kappa shape index (κ3) is 3.55. The molecule has 2 fully saturated rings. The molecule has 0 spiro atoms. The molecule has 118 valence electrons. The molecule has 1 heterocycles. The van der Waals surface area contributed by atoms with Gasteiger partial charge in [-0.05, 0) is 71.6 Å². The maximum Gasteiger partial charge on any atom is 0.0331 e. The van der Waals surface area contributed by atoms with E-state index in [9.17, 15) is 0 Å². The van der Waals surface area contributed by atoms with E-state index < -0.39 is 0 Å². The number of rotatable bonds is 5. The molecule has 0 aromatic rings. The van der Waals surface area contributed by atoms with Gasteiger partial charge >= 0.3 is 0 Å². The fourth-order valence-corrected chi connectivity index (χ4v) is 4.38. The average molecular weight is 281 g/mol. The molecule has 2 aliphatic rings. The van der Waals surface area contributed by atoms with Crippen LogP contribution in [0.5, 0.6) is 0 Å². The Labute approximate surface area is 125 Å². The molecule has 1 aliphatic heterocycles. The van der Waals surface area contributed by atoms with Gasteiger partial charge in [-0.15, -0.1) is 0 Å². The summed E-state index contributed by atoms with van der Waals surface area (Å²) in [6, 6.07) is 0.748. The summed E-state index contributed by atoms with van der Waals surface area (Å²) in [5.74, 6) is 0.963. The van der Waals surface area contributed by atoms with Crippen molar-refractivity contribution in [3.63, 3.8) is 0 Å². The summed E-state index contributed by atoms with van der Waals surface area (Å²) < 4.78 is 0. The van der Waals surface area contributed by atoms with Crippen molar-refractivity contribution in [2.45, 2.75) is 69.9 Å². The van der Waals surface area contributed by atoms with Crippen LogP contribution in [0, 0.1) is 5.92 Å². The Morgan fingerprint density at radius 1 is 1.15 bits per heavy atom. The van der Waals surface area contributed by atoms with Crippen LogP contribution < -0.4 is 5.73 Å². The summed E-state index contributed by atoms with van der Waals surface area (Å²) in [6.07, 6.45) is 10.8. The van der Waals surface area contributed by atoms with Crippen LogP contribution in [0.2, 0.25) is 0 Å². The van der Waals surface area contributed by atoms with Gasteiger partial charge in [0, 0.05) is 18.1 Å². The first-order chi connectivity index (χ1) is 9.61. The minimum atomic E-state index is 0.296. The normalized spacial score (nSPS) is 33.8. The standard InChI is InChI=1S/C17H35N3/c1-4-5-15-6-10-17(14-18,11-7-15)20(3)16-8-12-19(2)13-9-16/h15-16H,4-14,18H2,1-3H3. The van der Waals surface area contributed by atoms with Gasteiger partial charge in [0.1, 0.15) is 0 Å². The van der Waals surface area contributed by atoms with Crippen molar-refractivity contribution in [2.75, 3.05) is 33.7 Å². The lowest BCUT2D eigenvalue weighted by Gasteiger charge is -2.50. The summed E-state index contributed by atoms with van der Waals surface area (Å²) in [5.41, 5.74) is 6.54. The molecule has 2 N–H and O–H groups in total. The molecule has 3 heteroatoms. The van der Waals surface area contributed by atoms with Crippen molar-refractivity contribution in [3.05, 3.63) is 0 Å². The Hall–Kier alpha value is -0.120. The Morgan fingerprint density at radius 2 is 1.75 bits per heavy atom.